The van der Waals surface area contributed by atoms with E-state index in [1.807, 2.05) is 6.08 Å². The maximum atomic E-state index is 6.26. The summed E-state index contributed by atoms with van der Waals surface area (Å²) in [7, 11) is 0. The van der Waals surface area contributed by atoms with Gasteiger partial charge in [-0.1, -0.05) is 66.8 Å². The summed E-state index contributed by atoms with van der Waals surface area (Å²) in [5.41, 5.74) is 17.0. The normalized spacial score (nSPS) is 22.5. The minimum absolute atomic E-state index is 0.0962. The van der Waals surface area contributed by atoms with Crippen molar-refractivity contribution < 1.29 is 0 Å². The molecule has 0 aliphatic heterocycles. The Hall–Kier alpha value is -2.32. The van der Waals surface area contributed by atoms with E-state index in [0.717, 1.165) is 30.5 Å². The van der Waals surface area contributed by atoms with Crippen LogP contribution in [0.25, 0.3) is 0 Å². The molecule has 0 aromatic heterocycles. The average Bonchev–Trinajstić information content (AvgIpc) is 2.63. The molecule has 2 heteroatoms. The van der Waals surface area contributed by atoms with E-state index in [9.17, 15) is 0 Å². The zero-order valence-corrected chi connectivity index (χ0v) is 13.4. The van der Waals surface area contributed by atoms with Gasteiger partial charge in [-0.05, 0) is 42.0 Å². The summed E-state index contributed by atoms with van der Waals surface area (Å²) in [6, 6.07) is 10.5. The van der Waals surface area contributed by atoms with Gasteiger partial charge in [0.2, 0.25) is 0 Å². The quantitative estimate of drug-likeness (QED) is 0.879. The van der Waals surface area contributed by atoms with E-state index in [1.165, 1.54) is 11.1 Å². The first-order valence-electron chi connectivity index (χ1n) is 8.26. The van der Waals surface area contributed by atoms with E-state index in [4.69, 9.17) is 11.5 Å². The molecule has 2 unspecified atom stereocenters. The van der Waals surface area contributed by atoms with Crippen LogP contribution in [-0.4, -0.2) is 6.04 Å². The zero-order chi connectivity index (χ0) is 16.1. The first kappa shape index (κ1) is 15.6. The number of nitrogens with two attached hydrogens (primary N) is 2. The molecular formula is C21H24N2. The predicted octanol–water partition coefficient (Wildman–Crippen LogP) is 4.10. The summed E-state index contributed by atoms with van der Waals surface area (Å²) in [6.45, 7) is 0. The molecule has 0 saturated heterocycles. The number of hydrogen-bond acceptors (Lipinski definition) is 2. The van der Waals surface area contributed by atoms with E-state index in [1.54, 1.807) is 0 Å². The van der Waals surface area contributed by atoms with Crippen molar-refractivity contribution in [2.24, 2.45) is 11.5 Å². The number of allylic oxidation sites excluding steroid dienone is 6. The van der Waals surface area contributed by atoms with Gasteiger partial charge in [-0.3, -0.25) is 0 Å². The van der Waals surface area contributed by atoms with Crippen molar-refractivity contribution >= 4 is 0 Å². The standard InChI is InChI=1S/C21H24N2/c22-20(18-9-5-2-6-10-18)15-21(23)19-13-11-17(12-14-19)16-7-3-1-4-8-16/h1-5,7-9,11,13-15,17,20H,6,10,12,22-23H2/b21-15-. The van der Waals surface area contributed by atoms with Crippen molar-refractivity contribution in [3.05, 3.63) is 95.3 Å². The van der Waals surface area contributed by atoms with E-state index < -0.39 is 0 Å². The Labute approximate surface area is 138 Å². The van der Waals surface area contributed by atoms with Crippen LogP contribution >= 0.6 is 0 Å². The van der Waals surface area contributed by atoms with Gasteiger partial charge >= 0.3 is 0 Å². The van der Waals surface area contributed by atoms with Crippen LogP contribution in [0.4, 0.5) is 0 Å². The Balaban J connectivity index is 1.67. The van der Waals surface area contributed by atoms with Crippen LogP contribution in [0.15, 0.2) is 89.7 Å². The van der Waals surface area contributed by atoms with Crippen LogP contribution in [0.3, 0.4) is 0 Å². The number of benzene rings is 1. The Bertz CT molecular complexity index is 690. The second-order valence-electron chi connectivity index (χ2n) is 6.13. The molecule has 0 spiro atoms. The molecule has 23 heavy (non-hydrogen) atoms. The Kier molecular flexibility index (Phi) is 4.94. The van der Waals surface area contributed by atoms with E-state index in [2.05, 4.69) is 66.8 Å². The lowest BCUT2D eigenvalue weighted by Gasteiger charge is -2.18. The van der Waals surface area contributed by atoms with Crippen LogP contribution in [0, 0.1) is 0 Å². The molecule has 0 saturated carbocycles. The van der Waals surface area contributed by atoms with Gasteiger partial charge in [0.05, 0.1) is 0 Å². The van der Waals surface area contributed by atoms with Gasteiger partial charge in [-0.25, -0.2) is 0 Å². The molecule has 118 valence electrons. The average molecular weight is 304 g/mol. The fraction of sp³-hybridized carbons (Fsp3) is 0.238. The Morgan fingerprint density at radius 2 is 2.04 bits per heavy atom. The van der Waals surface area contributed by atoms with Crippen molar-refractivity contribution in [3.63, 3.8) is 0 Å². The molecule has 0 fully saturated rings. The topological polar surface area (TPSA) is 52.0 Å². The highest BCUT2D eigenvalue weighted by Gasteiger charge is 2.13. The smallest absolute Gasteiger partial charge is 0.0466 e. The van der Waals surface area contributed by atoms with Gasteiger partial charge in [0.15, 0.2) is 0 Å². The molecule has 3 rings (SSSR count). The van der Waals surface area contributed by atoms with Crippen LogP contribution in [0.1, 0.15) is 30.7 Å². The minimum Gasteiger partial charge on any atom is -0.398 e. The highest BCUT2D eigenvalue weighted by atomic mass is 14.7. The summed E-state index contributed by atoms with van der Waals surface area (Å²) in [5, 5.41) is 0. The first-order valence-corrected chi connectivity index (χ1v) is 8.26. The second kappa shape index (κ2) is 7.30. The molecule has 2 nitrogen and oxygen atoms in total. The lowest BCUT2D eigenvalue weighted by atomic mass is 9.89. The molecule has 0 bridgehead atoms. The Morgan fingerprint density at radius 3 is 2.70 bits per heavy atom. The lowest BCUT2D eigenvalue weighted by Crippen LogP contribution is -2.22. The van der Waals surface area contributed by atoms with Gasteiger partial charge in [-0.15, -0.1) is 0 Å². The molecule has 1 aromatic carbocycles. The Morgan fingerprint density at radius 1 is 1.22 bits per heavy atom. The van der Waals surface area contributed by atoms with Crippen molar-refractivity contribution in [1.29, 1.82) is 0 Å². The van der Waals surface area contributed by atoms with Gasteiger partial charge in [0.1, 0.15) is 0 Å². The third kappa shape index (κ3) is 3.91. The maximum Gasteiger partial charge on any atom is 0.0466 e. The molecule has 2 atom stereocenters. The highest BCUT2D eigenvalue weighted by Crippen LogP contribution is 2.28. The van der Waals surface area contributed by atoms with Crippen molar-refractivity contribution in [1.82, 2.24) is 0 Å². The van der Waals surface area contributed by atoms with E-state index >= 15 is 0 Å². The molecule has 1 aromatic rings. The maximum absolute atomic E-state index is 6.26. The van der Waals surface area contributed by atoms with Crippen LogP contribution < -0.4 is 11.5 Å². The van der Waals surface area contributed by atoms with Gasteiger partial charge < -0.3 is 11.5 Å². The zero-order valence-electron chi connectivity index (χ0n) is 13.4. The molecular weight excluding hydrogens is 280 g/mol. The highest BCUT2D eigenvalue weighted by molar-refractivity contribution is 5.44. The van der Waals surface area contributed by atoms with Crippen molar-refractivity contribution in [2.45, 2.75) is 31.2 Å². The van der Waals surface area contributed by atoms with Crippen molar-refractivity contribution in [3.8, 4) is 0 Å². The fourth-order valence-corrected chi connectivity index (χ4v) is 3.08. The van der Waals surface area contributed by atoms with E-state index in [0.29, 0.717) is 5.92 Å². The summed E-state index contributed by atoms with van der Waals surface area (Å²) in [5.74, 6) is 0.438. The SMILES string of the molecule is N/C(=C\C(N)C1=CC=CCC1)C1=CCC(c2ccccc2)C=C1. The number of hydrogen-bond donors (Lipinski definition) is 2. The van der Waals surface area contributed by atoms with E-state index in [-0.39, 0.29) is 6.04 Å². The van der Waals surface area contributed by atoms with Gasteiger partial charge in [0, 0.05) is 17.7 Å². The lowest BCUT2D eigenvalue weighted by molar-refractivity contribution is 0.824. The fourth-order valence-electron chi connectivity index (χ4n) is 3.08. The van der Waals surface area contributed by atoms with Gasteiger partial charge in [-0.2, -0.15) is 0 Å². The monoisotopic (exact) mass is 304 g/mol. The third-order valence-electron chi connectivity index (χ3n) is 4.49. The minimum atomic E-state index is -0.0962. The third-order valence-corrected chi connectivity index (χ3v) is 4.49. The largest absolute Gasteiger partial charge is 0.398 e. The number of rotatable bonds is 4. The first-order chi connectivity index (χ1) is 11.2. The van der Waals surface area contributed by atoms with Gasteiger partial charge in [0.25, 0.3) is 0 Å². The molecule has 2 aliphatic carbocycles. The second-order valence-corrected chi connectivity index (χ2v) is 6.13. The summed E-state index contributed by atoms with van der Waals surface area (Å²) < 4.78 is 0. The van der Waals surface area contributed by atoms with Crippen LogP contribution in [0.5, 0.6) is 0 Å². The molecule has 0 amide bonds. The molecule has 2 aliphatic rings. The van der Waals surface area contributed by atoms with Crippen LogP contribution in [0.2, 0.25) is 0 Å². The predicted molar refractivity (Wildman–Crippen MR) is 97.7 cm³/mol. The summed E-state index contributed by atoms with van der Waals surface area (Å²) in [6.07, 6.45) is 18.0. The van der Waals surface area contributed by atoms with Crippen molar-refractivity contribution in [2.75, 3.05) is 0 Å². The molecule has 0 heterocycles. The van der Waals surface area contributed by atoms with Crippen LogP contribution in [-0.2, 0) is 0 Å². The summed E-state index contributed by atoms with van der Waals surface area (Å²) >= 11 is 0. The summed E-state index contributed by atoms with van der Waals surface area (Å²) in [4.78, 5) is 0. The molecule has 4 N–H and O–H groups in total. The molecule has 0 radical (unpaired) electrons.